The Kier molecular flexibility index (Phi) is 4.20. The Morgan fingerprint density at radius 1 is 1.22 bits per heavy atom. The maximum Gasteiger partial charge on any atom is 0.194 e. The second kappa shape index (κ2) is 5.87. The van der Waals surface area contributed by atoms with Crippen LogP contribution in [0.4, 0.5) is 0 Å². The van der Waals surface area contributed by atoms with Crippen molar-refractivity contribution in [2.45, 2.75) is 13.1 Å². The Bertz CT molecular complexity index is 408. The summed E-state index contributed by atoms with van der Waals surface area (Å²) in [6.45, 7) is 3.75. The molecule has 0 saturated heterocycles. The number of nitrogens with one attached hydrogen (secondary N) is 1. The van der Waals surface area contributed by atoms with Crippen LogP contribution in [0.5, 0.6) is 0 Å². The molecule has 4 heteroatoms. The van der Waals surface area contributed by atoms with E-state index in [0.29, 0.717) is 0 Å². The van der Waals surface area contributed by atoms with Crippen molar-refractivity contribution in [3.8, 4) is 0 Å². The van der Waals surface area contributed by atoms with Gasteiger partial charge in [-0.15, -0.1) is 0 Å². The van der Waals surface area contributed by atoms with Gasteiger partial charge in [0.05, 0.1) is 6.54 Å². The molecule has 2 rings (SSSR count). The maximum atomic E-state index is 4.41. The molecule has 1 heterocycles. The Labute approximate surface area is 109 Å². The van der Waals surface area contributed by atoms with Gasteiger partial charge in [-0.1, -0.05) is 24.3 Å². The van der Waals surface area contributed by atoms with Crippen LogP contribution in [0, 0.1) is 0 Å². The van der Waals surface area contributed by atoms with Crippen LogP contribution < -0.4 is 5.32 Å². The lowest BCUT2D eigenvalue weighted by molar-refractivity contribution is 0.402. The van der Waals surface area contributed by atoms with Gasteiger partial charge in [-0.25, -0.2) is 0 Å². The van der Waals surface area contributed by atoms with Gasteiger partial charge in [0, 0.05) is 26.7 Å². The third-order valence-electron chi connectivity index (χ3n) is 3.03. The van der Waals surface area contributed by atoms with E-state index in [2.05, 4.69) is 65.5 Å². The molecule has 98 valence electrons. The van der Waals surface area contributed by atoms with E-state index in [-0.39, 0.29) is 0 Å². The highest BCUT2D eigenvalue weighted by molar-refractivity contribution is 5.81. The summed E-state index contributed by atoms with van der Waals surface area (Å²) < 4.78 is 0. The van der Waals surface area contributed by atoms with Gasteiger partial charge in [-0.3, -0.25) is 4.99 Å². The van der Waals surface area contributed by atoms with E-state index in [1.54, 1.807) is 0 Å². The van der Waals surface area contributed by atoms with Crippen molar-refractivity contribution in [1.82, 2.24) is 15.1 Å². The number of aliphatic imine (C=N–C) groups is 1. The number of rotatable bonds is 4. The molecule has 0 unspecified atom stereocenters. The molecular formula is C14H22N4. The van der Waals surface area contributed by atoms with Gasteiger partial charge in [0.25, 0.3) is 0 Å². The van der Waals surface area contributed by atoms with Gasteiger partial charge in [0.15, 0.2) is 5.96 Å². The summed E-state index contributed by atoms with van der Waals surface area (Å²) in [5, 5.41) is 3.37. The molecular weight excluding hydrogens is 224 g/mol. The van der Waals surface area contributed by atoms with Crippen LogP contribution in [0.25, 0.3) is 0 Å². The van der Waals surface area contributed by atoms with E-state index >= 15 is 0 Å². The minimum Gasteiger partial charge on any atom is -0.352 e. The highest BCUT2D eigenvalue weighted by Gasteiger charge is 2.10. The van der Waals surface area contributed by atoms with E-state index in [4.69, 9.17) is 0 Å². The van der Waals surface area contributed by atoms with E-state index in [0.717, 1.165) is 32.1 Å². The van der Waals surface area contributed by atoms with Crippen molar-refractivity contribution in [3.05, 3.63) is 35.4 Å². The first-order valence-electron chi connectivity index (χ1n) is 6.37. The van der Waals surface area contributed by atoms with Crippen molar-refractivity contribution in [3.63, 3.8) is 0 Å². The number of hydrogen-bond acceptors (Lipinski definition) is 4. The molecule has 1 aliphatic rings. The summed E-state index contributed by atoms with van der Waals surface area (Å²) in [5.41, 5.74) is 2.64. The third kappa shape index (κ3) is 3.47. The Balaban J connectivity index is 1.86. The van der Waals surface area contributed by atoms with E-state index in [9.17, 15) is 0 Å². The molecule has 0 bridgehead atoms. The summed E-state index contributed by atoms with van der Waals surface area (Å²) in [6.07, 6.45) is 0. The summed E-state index contributed by atoms with van der Waals surface area (Å²) in [5.74, 6) is 1.01. The topological polar surface area (TPSA) is 30.9 Å². The number of hydrogen-bond donors (Lipinski definition) is 1. The van der Waals surface area contributed by atoms with Crippen LogP contribution in [-0.2, 0) is 13.1 Å². The monoisotopic (exact) mass is 246 g/mol. The van der Waals surface area contributed by atoms with Crippen molar-refractivity contribution in [1.29, 1.82) is 0 Å². The van der Waals surface area contributed by atoms with E-state index < -0.39 is 0 Å². The maximum absolute atomic E-state index is 4.41. The normalized spacial score (nSPS) is 15.1. The number of guanidine groups is 1. The SMILES string of the molecule is CN(C)Cc1ccc(CNC2=NCCN2C)cc1. The van der Waals surface area contributed by atoms with Crippen LogP contribution >= 0.6 is 0 Å². The predicted octanol–water partition coefficient (Wildman–Crippen LogP) is 1.14. The third-order valence-corrected chi connectivity index (χ3v) is 3.03. The van der Waals surface area contributed by atoms with Crippen LogP contribution in [0.3, 0.4) is 0 Å². The van der Waals surface area contributed by atoms with Crippen molar-refractivity contribution < 1.29 is 0 Å². The number of nitrogens with zero attached hydrogens (tertiary/aromatic N) is 3. The van der Waals surface area contributed by atoms with Gasteiger partial charge in [0.2, 0.25) is 0 Å². The van der Waals surface area contributed by atoms with Crippen LogP contribution in [0.15, 0.2) is 29.3 Å². The zero-order valence-electron chi connectivity index (χ0n) is 11.5. The molecule has 18 heavy (non-hydrogen) atoms. The minimum atomic E-state index is 0.839. The quantitative estimate of drug-likeness (QED) is 0.864. The van der Waals surface area contributed by atoms with Crippen LogP contribution in [0.1, 0.15) is 11.1 Å². The highest BCUT2D eigenvalue weighted by atomic mass is 15.3. The molecule has 0 saturated carbocycles. The minimum absolute atomic E-state index is 0.839. The molecule has 0 aromatic heterocycles. The summed E-state index contributed by atoms with van der Waals surface area (Å²) in [4.78, 5) is 8.74. The van der Waals surface area contributed by atoms with E-state index in [1.807, 2.05) is 0 Å². The smallest absolute Gasteiger partial charge is 0.194 e. The fourth-order valence-corrected chi connectivity index (χ4v) is 2.03. The molecule has 0 amide bonds. The molecule has 1 aliphatic heterocycles. The first-order valence-corrected chi connectivity index (χ1v) is 6.37. The molecule has 0 spiro atoms. The Hall–Kier alpha value is -1.55. The lowest BCUT2D eigenvalue weighted by atomic mass is 10.1. The Morgan fingerprint density at radius 3 is 2.44 bits per heavy atom. The first kappa shape index (κ1) is 12.9. The fraction of sp³-hybridized carbons (Fsp3) is 0.500. The molecule has 0 aliphatic carbocycles. The zero-order valence-corrected chi connectivity index (χ0v) is 11.5. The zero-order chi connectivity index (χ0) is 13.0. The largest absolute Gasteiger partial charge is 0.352 e. The van der Waals surface area contributed by atoms with Gasteiger partial charge >= 0.3 is 0 Å². The molecule has 0 atom stereocenters. The highest BCUT2D eigenvalue weighted by Crippen LogP contribution is 2.06. The number of benzene rings is 1. The van der Waals surface area contributed by atoms with Crippen LogP contribution in [0.2, 0.25) is 0 Å². The fourth-order valence-electron chi connectivity index (χ4n) is 2.03. The lowest BCUT2D eigenvalue weighted by Crippen LogP contribution is -2.35. The Morgan fingerprint density at radius 2 is 1.89 bits per heavy atom. The molecule has 1 aromatic carbocycles. The van der Waals surface area contributed by atoms with Crippen molar-refractivity contribution in [2.75, 3.05) is 34.2 Å². The van der Waals surface area contributed by atoms with Gasteiger partial charge in [-0.2, -0.15) is 0 Å². The second-order valence-corrected chi connectivity index (χ2v) is 5.03. The molecule has 1 N–H and O–H groups in total. The molecule has 1 aromatic rings. The summed E-state index contributed by atoms with van der Waals surface area (Å²) >= 11 is 0. The van der Waals surface area contributed by atoms with Gasteiger partial charge in [0.1, 0.15) is 0 Å². The summed E-state index contributed by atoms with van der Waals surface area (Å²) in [7, 11) is 6.24. The summed E-state index contributed by atoms with van der Waals surface area (Å²) in [6, 6.07) is 8.75. The first-order chi connectivity index (χ1) is 8.65. The molecule has 0 radical (unpaired) electrons. The number of likely N-dealkylation sites (N-methyl/N-ethyl adjacent to an activating group) is 1. The average Bonchev–Trinajstić information content (AvgIpc) is 2.73. The van der Waals surface area contributed by atoms with Crippen LogP contribution in [-0.4, -0.2) is 50.0 Å². The van der Waals surface area contributed by atoms with Crippen molar-refractivity contribution >= 4 is 5.96 Å². The van der Waals surface area contributed by atoms with Gasteiger partial charge < -0.3 is 15.1 Å². The van der Waals surface area contributed by atoms with E-state index in [1.165, 1.54) is 11.1 Å². The molecule has 4 nitrogen and oxygen atoms in total. The lowest BCUT2D eigenvalue weighted by Gasteiger charge is -2.15. The second-order valence-electron chi connectivity index (χ2n) is 5.03. The standard InChI is InChI=1S/C14H22N4/c1-17(2)11-13-6-4-12(5-7-13)10-16-14-15-8-9-18(14)3/h4-7H,8-11H2,1-3H3,(H,15,16). The average molecular weight is 246 g/mol. The molecule has 0 fully saturated rings. The van der Waals surface area contributed by atoms with Gasteiger partial charge in [-0.05, 0) is 25.2 Å². The van der Waals surface area contributed by atoms with Crippen molar-refractivity contribution in [2.24, 2.45) is 4.99 Å². The predicted molar refractivity (Wildman–Crippen MR) is 75.6 cm³/mol.